The van der Waals surface area contributed by atoms with Gasteiger partial charge in [0.25, 0.3) is 0 Å². The van der Waals surface area contributed by atoms with Gasteiger partial charge in [0.2, 0.25) is 11.9 Å². The van der Waals surface area contributed by atoms with Crippen LogP contribution in [0.3, 0.4) is 0 Å². The van der Waals surface area contributed by atoms with E-state index in [1.54, 1.807) is 12.4 Å². The topological polar surface area (TPSA) is 93.4 Å². The standard InChI is InChI=1S/C25H26ClN5O2/c26-21-14-20(6-7-22(21)31-10-12-33-13-11-31)30-23(32)25(8-1-9-25)19-4-2-17(3-5-19)18-15-28-24(27)29-16-18/h2-7,14-16H,1,8-13H2,(H,30,32)(H2,27,28,29). The van der Waals surface area contributed by atoms with Gasteiger partial charge < -0.3 is 20.7 Å². The van der Waals surface area contributed by atoms with Crippen LogP contribution in [0, 0.1) is 0 Å². The molecule has 33 heavy (non-hydrogen) atoms. The predicted molar refractivity (Wildman–Crippen MR) is 131 cm³/mol. The van der Waals surface area contributed by atoms with E-state index < -0.39 is 5.41 Å². The Bertz CT molecular complexity index is 1140. The van der Waals surface area contributed by atoms with E-state index >= 15 is 0 Å². The highest BCUT2D eigenvalue weighted by Crippen LogP contribution is 2.45. The van der Waals surface area contributed by atoms with E-state index in [2.05, 4.69) is 20.2 Å². The predicted octanol–water partition coefficient (Wildman–Crippen LogP) is 4.28. The van der Waals surface area contributed by atoms with Gasteiger partial charge in [-0.3, -0.25) is 4.79 Å². The minimum Gasteiger partial charge on any atom is -0.378 e. The Morgan fingerprint density at radius 3 is 2.33 bits per heavy atom. The van der Waals surface area contributed by atoms with Crippen molar-refractivity contribution in [3.05, 3.63) is 65.4 Å². The second kappa shape index (κ2) is 9.00. The van der Waals surface area contributed by atoms with Crippen LogP contribution in [0.25, 0.3) is 11.1 Å². The number of halogens is 1. The maximum atomic E-state index is 13.4. The first-order valence-electron chi connectivity index (χ1n) is 11.2. The molecular weight excluding hydrogens is 438 g/mol. The number of benzene rings is 2. The fourth-order valence-electron chi connectivity index (χ4n) is 4.54. The Hall–Kier alpha value is -3.16. The fourth-order valence-corrected chi connectivity index (χ4v) is 4.84. The molecule has 5 rings (SSSR count). The van der Waals surface area contributed by atoms with Gasteiger partial charge in [-0.1, -0.05) is 42.3 Å². The molecule has 0 spiro atoms. The van der Waals surface area contributed by atoms with E-state index in [4.69, 9.17) is 22.1 Å². The monoisotopic (exact) mass is 463 g/mol. The summed E-state index contributed by atoms with van der Waals surface area (Å²) in [5.41, 5.74) is 9.63. The molecule has 1 aliphatic heterocycles. The van der Waals surface area contributed by atoms with Gasteiger partial charge in [0.1, 0.15) is 0 Å². The van der Waals surface area contributed by atoms with Gasteiger partial charge in [0.05, 0.1) is 29.3 Å². The number of nitrogen functional groups attached to an aromatic ring is 1. The molecule has 1 aliphatic carbocycles. The van der Waals surface area contributed by atoms with Crippen LogP contribution in [-0.4, -0.2) is 42.2 Å². The molecule has 1 amide bonds. The number of aromatic nitrogens is 2. The van der Waals surface area contributed by atoms with Crippen molar-refractivity contribution in [1.82, 2.24) is 9.97 Å². The van der Waals surface area contributed by atoms with Crippen molar-refractivity contribution < 1.29 is 9.53 Å². The molecule has 2 heterocycles. The maximum Gasteiger partial charge on any atom is 0.235 e. The average Bonchev–Trinajstić information content (AvgIpc) is 2.80. The van der Waals surface area contributed by atoms with Crippen molar-refractivity contribution >= 4 is 34.8 Å². The summed E-state index contributed by atoms with van der Waals surface area (Å²) in [6, 6.07) is 13.8. The van der Waals surface area contributed by atoms with Crippen LogP contribution in [0.5, 0.6) is 0 Å². The lowest BCUT2D eigenvalue weighted by molar-refractivity contribution is -0.124. The van der Waals surface area contributed by atoms with Crippen LogP contribution in [0.1, 0.15) is 24.8 Å². The molecule has 1 saturated heterocycles. The van der Waals surface area contributed by atoms with Gasteiger partial charge in [0.15, 0.2) is 0 Å². The number of nitrogens with two attached hydrogens (primary N) is 1. The normalized spacial score (nSPS) is 17.3. The molecule has 1 aromatic heterocycles. The Balaban J connectivity index is 1.33. The van der Waals surface area contributed by atoms with Gasteiger partial charge in [-0.05, 0) is 42.2 Å². The third kappa shape index (κ3) is 4.26. The number of ether oxygens (including phenoxy) is 1. The zero-order chi connectivity index (χ0) is 22.8. The number of hydrogen-bond acceptors (Lipinski definition) is 6. The summed E-state index contributed by atoms with van der Waals surface area (Å²) >= 11 is 6.56. The number of morpholine rings is 1. The summed E-state index contributed by atoms with van der Waals surface area (Å²) in [4.78, 5) is 23.7. The van der Waals surface area contributed by atoms with Gasteiger partial charge in [-0.2, -0.15) is 0 Å². The van der Waals surface area contributed by atoms with Crippen molar-refractivity contribution in [2.45, 2.75) is 24.7 Å². The summed E-state index contributed by atoms with van der Waals surface area (Å²) in [7, 11) is 0. The molecule has 0 unspecified atom stereocenters. The number of amides is 1. The largest absolute Gasteiger partial charge is 0.378 e. The lowest BCUT2D eigenvalue weighted by Crippen LogP contribution is -2.46. The van der Waals surface area contributed by atoms with Crippen LogP contribution in [-0.2, 0) is 14.9 Å². The number of nitrogens with zero attached hydrogens (tertiary/aromatic N) is 3. The summed E-state index contributed by atoms with van der Waals surface area (Å²) < 4.78 is 5.42. The van der Waals surface area contributed by atoms with Crippen molar-refractivity contribution in [1.29, 1.82) is 0 Å². The molecule has 0 radical (unpaired) electrons. The molecule has 0 atom stereocenters. The van der Waals surface area contributed by atoms with Gasteiger partial charge >= 0.3 is 0 Å². The van der Waals surface area contributed by atoms with E-state index in [0.29, 0.717) is 23.9 Å². The van der Waals surface area contributed by atoms with E-state index in [0.717, 1.165) is 54.7 Å². The highest BCUT2D eigenvalue weighted by atomic mass is 35.5. The average molecular weight is 464 g/mol. The third-order valence-corrected chi connectivity index (χ3v) is 6.94. The minimum atomic E-state index is -0.522. The molecule has 2 fully saturated rings. The van der Waals surface area contributed by atoms with Gasteiger partial charge in [-0.25, -0.2) is 9.97 Å². The highest BCUT2D eigenvalue weighted by Gasteiger charge is 2.45. The van der Waals surface area contributed by atoms with Crippen molar-refractivity contribution in [2.24, 2.45) is 0 Å². The van der Waals surface area contributed by atoms with E-state index in [9.17, 15) is 4.79 Å². The summed E-state index contributed by atoms with van der Waals surface area (Å²) in [6.45, 7) is 3.02. The summed E-state index contributed by atoms with van der Waals surface area (Å²) in [5, 5.41) is 3.74. The molecule has 1 saturated carbocycles. The fraction of sp³-hybridized carbons (Fsp3) is 0.320. The Labute approximate surface area is 197 Å². The maximum absolute atomic E-state index is 13.4. The molecule has 0 bridgehead atoms. The van der Waals surface area contributed by atoms with E-state index in [1.165, 1.54) is 0 Å². The molecule has 2 aliphatic rings. The van der Waals surface area contributed by atoms with Crippen LogP contribution in [0.4, 0.5) is 17.3 Å². The number of hydrogen-bond donors (Lipinski definition) is 2. The van der Waals surface area contributed by atoms with Crippen LogP contribution < -0.4 is 16.0 Å². The lowest BCUT2D eigenvalue weighted by Gasteiger charge is -2.41. The first kappa shape index (κ1) is 21.7. The van der Waals surface area contributed by atoms with E-state index in [-0.39, 0.29) is 11.9 Å². The first-order valence-corrected chi connectivity index (χ1v) is 11.6. The van der Waals surface area contributed by atoms with Crippen LogP contribution >= 0.6 is 11.6 Å². The number of carbonyl (C=O) groups is 1. The molecular formula is C25H26ClN5O2. The highest BCUT2D eigenvalue weighted by molar-refractivity contribution is 6.33. The SMILES string of the molecule is Nc1ncc(-c2ccc(C3(C(=O)Nc4ccc(N5CCOCC5)c(Cl)c4)CCC3)cc2)cn1. The lowest BCUT2D eigenvalue weighted by atomic mass is 9.63. The molecule has 170 valence electrons. The van der Waals surface area contributed by atoms with Crippen molar-refractivity contribution in [3.63, 3.8) is 0 Å². The molecule has 3 N–H and O–H groups in total. The van der Waals surface area contributed by atoms with Crippen molar-refractivity contribution in [3.8, 4) is 11.1 Å². The third-order valence-electron chi connectivity index (χ3n) is 6.64. The van der Waals surface area contributed by atoms with Crippen LogP contribution in [0.15, 0.2) is 54.9 Å². The zero-order valence-electron chi connectivity index (χ0n) is 18.3. The number of carbonyl (C=O) groups excluding carboxylic acids is 1. The second-order valence-electron chi connectivity index (χ2n) is 8.56. The molecule has 2 aromatic carbocycles. The number of anilines is 3. The van der Waals surface area contributed by atoms with Gasteiger partial charge in [-0.15, -0.1) is 0 Å². The van der Waals surface area contributed by atoms with Crippen molar-refractivity contribution in [2.75, 3.05) is 42.3 Å². The quantitative estimate of drug-likeness (QED) is 0.586. The van der Waals surface area contributed by atoms with E-state index in [1.807, 2.05) is 42.5 Å². The molecule has 7 nitrogen and oxygen atoms in total. The summed E-state index contributed by atoms with van der Waals surface area (Å²) in [5.74, 6) is 0.256. The smallest absolute Gasteiger partial charge is 0.235 e. The number of nitrogens with one attached hydrogen (secondary N) is 1. The minimum absolute atomic E-state index is 0.00695. The molecule has 3 aromatic rings. The first-order chi connectivity index (χ1) is 16.0. The summed E-state index contributed by atoms with van der Waals surface area (Å²) in [6.07, 6.45) is 6.07. The second-order valence-corrected chi connectivity index (χ2v) is 8.97. The Morgan fingerprint density at radius 2 is 1.73 bits per heavy atom. The van der Waals surface area contributed by atoms with Crippen LogP contribution in [0.2, 0.25) is 5.02 Å². The molecule has 8 heteroatoms. The van der Waals surface area contributed by atoms with Gasteiger partial charge in [0, 0.05) is 36.7 Å². The zero-order valence-corrected chi connectivity index (χ0v) is 19.0. The Kier molecular flexibility index (Phi) is 5.91. The number of rotatable bonds is 5. The Morgan fingerprint density at radius 1 is 1.03 bits per heavy atom.